The number of para-hydroxylation sites is 1. The predicted molar refractivity (Wildman–Crippen MR) is 125 cm³/mol. The fraction of sp³-hybridized carbons (Fsp3) is 0.185. The minimum Gasteiger partial charge on any atom is -0.497 e. The van der Waals surface area contributed by atoms with E-state index in [4.69, 9.17) is 9.72 Å². The Labute approximate surface area is 182 Å². The Kier molecular flexibility index (Phi) is 6.27. The third-order valence-corrected chi connectivity index (χ3v) is 5.43. The van der Waals surface area contributed by atoms with Crippen molar-refractivity contribution in [2.75, 3.05) is 7.11 Å². The number of carbonyl (C=O) groups is 1. The van der Waals surface area contributed by atoms with E-state index >= 15 is 0 Å². The van der Waals surface area contributed by atoms with Gasteiger partial charge in [0.1, 0.15) is 5.75 Å². The highest BCUT2D eigenvalue weighted by atomic mass is 16.5. The molecule has 0 unspecified atom stereocenters. The van der Waals surface area contributed by atoms with Gasteiger partial charge in [-0.25, -0.2) is 4.98 Å². The molecule has 31 heavy (non-hydrogen) atoms. The van der Waals surface area contributed by atoms with Crippen LogP contribution in [0.15, 0.2) is 84.9 Å². The van der Waals surface area contributed by atoms with E-state index in [0.29, 0.717) is 5.56 Å². The van der Waals surface area contributed by atoms with Gasteiger partial charge in [0.05, 0.1) is 23.9 Å². The molecule has 0 fully saturated rings. The third-order valence-electron chi connectivity index (χ3n) is 5.43. The van der Waals surface area contributed by atoms with Crippen LogP contribution in [0.1, 0.15) is 29.3 Å². The molecule has 0 bridgehead atoms. The molecule has 4 aromatic rings. The van der Waals surface area contributed by atoms with Gasteiger partial charge in [-0.15, -0.1) is 0 Å². The van der Waals surface area contributed by atoms with Crippen molar-refractivity contribution in [2.24, 2.45) is 0 Å². The number of benzene rings is 3. The van der Waals surface area contributed by atoms with Crippen molar-refractivity contribution in [3.63, 3.8) is 0 Å². The van der Waals surface area contributed by atoms with Gasteiger partial charge in [0, 0.05) is 17.0 Å². The molecule has 0 aliphatic carbocycles. The first-order valence-electron chi connectivity index (χ1n) is 10.5. The van der Waals surface area contributed by atoms with Crippen LogP contribution in [0.2, 0.25) is 0 Å². The zero-order valence-electron chi connectivity index (χ0n) is 17.8. The summed E-state index contributed by atoms with van der Waals surface area (Å²) in [7, 11) is 1.64. The van der Waals surface area contributed by atoms with Gasteiger partial charge in [0.25, 0.3) is 5.91 Å². The summed E-state index contributed by atoms with van der Waals surface area (Å²) in [4.78, 5) is 18.0. The molecule has 0 radical (unpaired) electrons. The van der Waals surface area contributed by atoms with Crippen molar-refractivity contribution >= 4 is 16.8 Å². The SMILES string of the molecule is COc1ccc(-c2cc(C(=O)N[C@@H](C)CCc3ccccc3)c3ccccc3n2)cc1. The minimum absolute atomic E-state index is 0.0593. The maximum Gasteiger partial charge on any atom is 0.252 e. The monoisotopic (exact) mass is 410 g/mol. The highest BCUT2D eigenvalue weighted by molar-refractivity contribution is 6.07. The highest BCUT2D eigenvalue weighted by Crippen LogP contribution is 2.26. The number of amides is 1. The molecule has 1 amide bonds. The van der Waals surface area contributed by atoms with Crippen LogP contribution in [-0.2, 0) is 6.42 Å². The van der Waals surface area contributed by atoms with E-state index in [1.165, 1.54) is 5.56 Å². The molecule has 1 heterocycles. The molecule has 1 aromatic heterocycles. The van der Waals surface area contributed by atoms with Gasteiger partial charge < -0.3 is 10.1 Å². The summed E-state index contributed by atoms with van der Waals surface area (Å²) in [6, 6.07) is 27.8. The molecule has 156 valence electrons. The summed E-state index contributed by atoms with van der Waals surface area (Å²) in [5.41, 5.74) is 4.43. The van der Waals surface area contributed by atoms with Crippen molar-refractivity contribution in [3.05, 3.63) is 96.1 Å². The average molecular weight is 411 g/mol. The maximum atomic E-state index is 13.2. The van der Waals surface area contributed by atoms with Crippen LogP contribution in [0.3, 0.4) is 0 Å². The van der Waals surface area contributed by atoms with E-state index in [2.05, 4.69) is 24.4 Å². The number of aryl methyl sites for hydroxylation is 1. The Morgan fingerprint density at radius 3 is 2.42 bits per heavy atom. The second-order valence-corrected chi connectivity index (χ2v) is 7.70. The van der Waals surface area contributed by atoms with Crippen LogP contribution in [0.25, 0.3) is 22.2 Å². The van der Waals surface area contributed by atoms with Crippen LogP contribution in [0.5, 0.6) is 5.75 Å². The first-order valence-corrected chi connectivity index (χ1v) is 10.5. The van der Waals surface area contributed by atoms with Gasteiger partial charge in [-0.05, 0) is 61.7 Å². The van der Waals surface area contributed by atoms with E-state index in [-0.39, 0.29) is 11.9 Å². The van der Waals surface area contributed by atoms with E-state index in [0.717, 1.165) is 40.8 Å². The standard InChI is InChI=1S/C27H26N2O2/c1-19(12-13-20-8-4-3-5-9-20)28-27(30)24-18-26(21-14-16-22(31-2)17-15-21)29-25-11-7-6-10-23(24)25/h3-11,14-19H,12-13H2,1-2H3,(H,28,30)/t19-/m0/s1. The number of nitrogens with zero attached hydrogens (tertiary/aromatic N) is 1. The number of hydrogen-bond acceptors (Lipinski definition) is 3. The molecule has 4 heteroatoms. The number of fused-ring (bicyclic) bond motifs is 1. The fourth-order valence-corrected chi connectivity index (χ4v) is 3.67. The lowest BCUT2D eigenvalue weighted by Gasteiger charge is -2.16. The van der Waals surface area contributed by atoms with Crippen molar-refractivity contribution < 1.29 is 9.53 Å². The summed E-state index contributed by atoms with van der Waals surface area (Å²) in [5, 5.41) is 4.02. The first kappa shape index (κ1) is 20.6. The lowest BCUT2D eigenvalue weighted by Crippen LogP contribution is -2.33. The van der Waals surface area contributed by atoms with Crippen LogP contribution in [0.4, 0.5) is 0 Å². The number of aromatic nitrogens is 1. The number of nitrogens with one attached hydrogen (secondary N) is 1. The normalized spacial score (nSPS) is 11.8. The minimum atomic E-state index is -0.0751. The summed E-state index contributed by atoms with van der Waals surface area (Å²) < 4.78 is 5.25. The zero-order valence-corrected chi connectivity index (χ0v) is 17.8. The summed E-state index contributed by atoms with van der Waals surface area (Å²) in [6.07, 6.45) is 1.81. The Hall–Kier alpha value is -3.66. The predicted octanol–water partition coefficient (Wildman–Crippen LogP) is 5.66. The fourth-order valence-electron chi connectivity index (χ4n) is 3.67. The van der Waals surface area contributed by atoms with Crippen LogP contribution < -0.4 is 10.1 Å². The molecule has 1 N–H and O–H groups in total. The number of rotatable bonds is 7. The maximum absolute atomic E-state index is 13.2. The van der Waals surface area contributed by atoms with Crippen molar-refractivity contribution in [2.45, 2.75) is 25.8 Å². The van der Waals surface area contributed by atoms with Crippen molar-refractivity contribution in [1.82, 2.24) is 10.3 Å². The molecule has 1 atom stereocenters. The van der Waals surface area contributed by atoms with Crippen molar-refractivity contribution in [1.29, 1.82) is 0 Å². The van der Waals surface area contributed by atoms with Crippen LogP contribution in [0, 0.1) is 0 Å². The number of hydrogen-bond donors (Lipinski definition) is 1. The quantitative estimate of drug-likeness (QED) is 0.428. The van der Waals surface area contributed by atoms with Crippen molar-refractivity contribution in [3.8, 4) is 17.0 Å². The molecule has 4 rings (SSSR count). The Balaban J connectivity index is 1.58. The molecule has 0 saturated heterocycles. The molecule has 0 aliphatic heterocycles. The molecular formula is C27H26N2O2. The molecule has 3 aromatic carbocycles. The summed E-state index contributed by atoms with van der Waals surface area (Å²) in [5.74, 6) is 0.712. The Morgan fingerprint density at radius 1 is 0.968 bits per heavy atom. The average Bonchev–Trinajstić information content (AvgIpc) is 2.82. The van der Waals surface area contributed by atoms with E-state index in [9.17, 15) is 4.79 Å². The van der Waals surface area contributed by atoms with Gasteiger partial charge in [0.15, 0.2) is 0 Å². The van der Waals surface area contributed by atoms with Gasteiger partial charge in [0.2, 0.25) is 0 Å². The third kappa shape index (κ3) is 4.92. The van der Waals surface area contributed by atoms with E-state index < -0.39 is 0 Å². The number of pyridine rings is 1. The zero-order chi connectivity index (χ0) is 21.6. The van der Waals surface area contributed by atoms with E-state index in [1.54, 1.807) is 7.11 Å². The molecule has 0 spiro atoms. The molecular weight excluding hydrogens is 384 g/mol. The molecule has 4 nitrogen and oxygen atoms in total. The second kappa shape index (κ2) is 9.43. The highest BCUT2D eigenvalue weighted by Gasteiger charge is 2.16. The lowest BCUT2D eigenvalue weighted by atomic mass is 10.0. The number of methoxy groups -OCH3 is 1. The molecule has 0 aliphatic rings. The Bertz CT molecular complexity index is 1170. The number of carbonyl (C=O) groups excluding carboxylic acids is 1. The first-order chi connectivity index (χ1) is 15.1. The van der Waals surface area contributed by atoms with Gasteiger partial charge >= 0.3 is 0 Å². The van der Waals surface area contributed by atoms with Gasteiger partial charge in [-0.2, -0.15) is 0 Å². The van der Waals surface area contributed by atoms with Crippen LogP contribution in [-0.4, -0.2) is 24.0 Å². The largest absolute Gasteiger partial charge is 0.497 e. The number of ether oxygens (including phenoxy) is 1. The summed E-state index contributed by atoms with van der Waals surface area (Å²) in [6.45, 7) is 2.05. The topological polar surface area (TPSA) is 51.2 Å². The molecule has 0 saturated carbocycles. The van der Waals surface area contributed by atoms with Crippen LogP contribution >= 0.6 is 0 Å². The second-order valence-electron chi connectivity index (χ2n) is 7.70. The van der Waals surface area contributed by atoms with Gasteiger partial charge in [-0.3, -0.25) is 4.79 Å². The van der Waals surface area contributed by atoms with Gasteiger partial charge in [-0.1, -0.05) is 48.5 Å². The van der Waals surface area contributed by atoms with E-state index in [1.807, 2.05) is 72.8 Å². The summed E-state index contributed by atoms with van der Waals surface area (Å²) >= 11 is 0. The lowest BCUT2D eigenvalue weighted by molar-refractivity contribution is 0.0940. The Morgan fingerprint density at radius 2 is 1.68 bits per heavy atom. The smallest absolute Gasteiger partial charge is 0.252 e.